The van der Waals surface area contributed by atoms with Crippen LogP contribution in [-0.4, -0.2) is 47.7 Å². The molecule has 116 valence electrons. The van der Waals surface area contributed by atoms with Crippen molar-refractivity contribution in [3.05, 3.63) is 0 Å². The van der Waals surface area contributed by atoms with Crippen LogP contribution in [0, 0.1) is 11.3 Å². The van der Waals surface area contributed by atoms with Gasteiger partial charge in [-0.2, -0.15) is 0 Å². The molecule has 1 aliphatic heterocycles. The molecular weight excluding hydrogens is 252 g/mol. The van der Waals surface area contributed by atoms with E-state index in [1.165, 1.54) is 12.8 Å². The molecule has 0 amide bonds. The molecule has 2 rings (SSSR count). The van der Waals surface area contributed by atoms with Gasteiger partial charge in [0.05, 0.1) is 0 Å². The first-order valence-electron chi connectivity index (χ1n) is 8.10. The van der Waals surface area contributed by atoms with Crippen molar-refractivity contribution in [1.29, 1.82) is 0 Å². The Balaban J connectivity index is 2.08. The Morgan fingerprint density at radius 3 is 2.65 bits per heavy atom. The van der Waals surface area contributed by atoms with Gasteiger partial charge < -0.3 is 15.3 Å². The van der Waals surface area contributed by atoms with Crippen LogP contribution >= 0.6 is 0 Å². The predicted molar refractivity (Wildman–Crippen MR) is 80.8 cm³/mol. The summed E-state index contributed by atoms with van der Waals surface area (Å²) in [6, 6.07) is 0. The lowest BCUT2D eigenvalue weighted by atomic mass is 9.82. The van der Waals surface area contributed by atoms with E-state index < -0.39 is 11.5 Å². The maximum absolute atomic E-state index is 12.0. The van der Waals surface area contributed by atoms with Gasteiger partial charge >= 0.3 is 5.97 Å². The molecule has 2 aliphatic rings. The summed E-state index contributed by atoms with van der Waals surface area (Å²) >= 11 is 0. The third-order valence-corrected chi connectivity index (χ3v) is 4.80. The number of carboxylic acids is 1. The molecule has 0 spiro atoms. The fraction of sp³-hybridized carbons (Fsp3) is 0.938. The molecule has 1 saturated heterocycles. The predicted octanol–water partition coefficient (Wildman–Crippen LogP) is 2.34. The first-order valence-corrected chi connectivity index (χ1v) is 8.10. The highest BCUT2D eigenvalue weighted by molar-refractivity contribution is 5.80. The van der Waals surface area contributed by atoms with Crippen LogP contribution in [0.4, 0.5) is 0 Å². The van der Waals surface area contributed by atoms with Gasteiger partial charge in [-0.15, -0.1) is 0 Å². The second kappa shape index (κ2) is 6.02. The maximum Gasteiger partial charge on any atom is 0.325 e. The molecule has 0 aromatic carbocycles. The minimum atomic E-state index is -0.719. The maximum atomic E-state index is 12.0. The Hall–Kier alpha value is -0.610. The van der Waals surface area contributed by atoms with E-state index in [2.05, 4.69) is 31.0 Å². The minimum Gasteiger partial charge on any atom is -0.480 e. The third kappa shape index (κ3) is 3.53. The van der Waals surface area contributed by atoms with Crippen molar-refractivity contribution in [3.8, 4) is 0 Å². The SMILES string of the molecule is CCCNC(CN1CCCC(C)(C)C1)(C(=O)O)C1CC1. The molecule has 1 saturated carbocycles. The van der Waals surface area contributed by atoms with Crippen LogP contribution in [-0.2, 0) is 4.79 Å². The average Bonchev–Trinajstić information content (AvgIpc) is 3.17. The number of nitrogens with one attached hydrogen (secondary N) is 1. The Kier molecular flexibility index (Phi) is 4.75. The summed E-state index contributed by atoms with van der Waals surface area (Å²) in [6.07, 6.45) is 5.52. The van der Waals surface area contributed by atoms with Crippen LogP contribution < -0.4 is 5.32 Å². The van der Waals surface area contributed by atoms with E-state index in [-0.39, 0.29) is 0 Å². The van der Waals surface area contributed by atoms with Crippen molar-refractivity contribution in [3.63, 3.8) is 0 Å². The number of nitrogens with zero attached hydrogens (tertiary/aromatic N) is 1. The average molecular weight is 282 g/mol. The number of hydrogen-bond acceptors (Lipinski definition) is 3. The lowest BCUT2D eigenvalue weighted by molar-refractivity contribution is -0.147. The molecule has 0 aromatic heterocycles. The lowest BCUT2D eigenvalue weighted by Crippen LogP contribution is -2.62. The van der Waals surface area contributed by atoms with Crippen LogP contribution in [0.3, 0.4) is 0 Å². The van der Waals surface area contributed by atoms with E-state index in [1.54, 1.807) is 0 Å². The van der Waals surface area contributed by atoms with Gasteiger partial charge in [0, 0.05) is 13.1 Å². The molecule has 1 atom stereocenters. The second-order valence-corrected chi connectivity index (χ2v) is 7.46. The van der Waals surface area contributed by atoms with Gasteiger partial charge in [0.1, 0.15) is 5.54 Å². The van der Waals surface area contributed by atoms with Gasteiger partial charge in [-0.3, -0.25) is 4.79 Å². The van der Waals surface area contributed by atoms with Gasteiger partial charge in [0.2, 0.25) is 0 Å². The Labute approximate surface area is 122 Å². The van der Waals surface area contributed by atoms with Crippen molar-refractivity contribution >= 4 is 5.97 Å². The molecule has 20 heavy (non-hydrogen) atoms. The van der Waals surface area contributed by atoms with E-state index >= 15 is 0 Å². The van der Waals surface area contributed by atoms with E-state index in [0.29, 0.717) is 17.9 Å². The highest BCUT2D eigenvalue weighted by Crippen LogP contribution is 2.41. The number of likely N-dealkylation sites (tertiary alicyclic amines) is 1. The molecular formula is C16H30N2O2. The van der Waals surface area contributed by atoms with Gasteiger partial charge in [-0.05, 0) is 56.5 Å². The van der Waals surface area contributed by atoms with Crippen LogP contribution in [0.5, 0.6) is 0 Å². The molecule has 4 heteroatoms. The number of hydrogen-bond donors (Lipinski definition) is 2. The number of piperidine rings is 1. The Bertz CT molecular complexity index is 352. The minimum absolute atomic E-state index is 0.316. The zero-order valence-electron chi connectivity index (χ0n) is 13.2. The van der Waals surface area contributed by atoms with E-state index in [4.69, 9.17) is 0 Å². The number of aliphatic carboxylic acids is 1. The molecule has 1 unspecified atom stereocenters. The van der Waals surface area contributed by atoms with E-state index in [1.807, 2.05) is 0 Å². The highest BCUT2D eigenvalue weighted by Gasteiger charge is 2.52. The molecule has 1 aliphatic carbocycles. The van der Waals surface area contributed by atoms with Gasteiger partial charge in [-0.25, -0.2) is 0 Å². The monoisotopic (exact) mass is 282 g/mol. The highest BCUT2D eigenvalue weighted by atomic mass is 16.4. The van der Waals surface area contributed by atoms with Crippen LogP contribution in [0.2, 0.25) is 0 Å². The standard InChI is InChI=1S/C16H30N2O2/c1-4-9-17-16(14(19)20,13-6-7-13)12-18-10-5-8-15(2,3)11-18/h13,17H,4-12H2,1-3H3,(H,19,20). The topological polar surface area (TPSA) is 52.6 Å². The quantitative estimate of drug-likeness (QED) is 0.752. The van der Waals surface area contributed by atoms with Crippen LogP contribution in [0.15, 0.2) is 0 Å². The largest absolute Gasteiger partial charge is 0.480 e. The Morgan fingerprint density at radius 2 is 2.15 bits per heavy atom. The van der Waals surface area contributed by atoms with Crippen molar-refractivity contribution in [2.45, 2.75) is 58.4 Å². The van der Waals surface area contributed by atoms with E-state index in [0.717, 1.165) is 38.9 Å². The lowest BCUT2D eigenvalue weighted by Gasteiger charge is -2.43. The molecule has 0 aromatic rings. The van der Waals surface area contributed by atoms with Gasteiger partial charge in [-0.1, -0.05) is 20.8 Å². The molecule has 0 bridgehead atoms. The number of rotatable bonds is 7. The molecule has 1 heterocycles. The first-order chi connectivity index (χ1) is 9.39. The summed E-state index contributed by atoms with van der Waals surface area (Å²) in [4.78, 5) is 14.3. The molecule has 4 nitrogen and oxygen atoms in total. The summed E-state index contributed by atoms with van der Waals surface area (Å²) in [6.45, 7) is 10.2. The second-order valence-electron chi connectivity index (χ2n) is 7.46. The summed E-state index contributed by atoms with van der Waals surface area (Å²) in [5, 5.41) is 13.2. The number of carbonyl (C=O) groups is 1. The van der Waals surface area contributed by atoms with Crippen LogP contribution in [0.1, 0.15) is 52.9 Å². The zero-order valence-corrected chi connectivity index (χ0v) is 13.2. The summed E-state index contributed by atoms with van der Waals surface area (Å²) < 4.78 is 0. The smallest absolute Gasteiger partial charge is 0.325 e. The normalized spacial score (nSPS) is 26.1. The van der Waals surface area contributed by atoms with Crippen molar-refractivity contribution < 1.29 is 9.90 Å². The van der Waals surface area contributed by atoms with E-state index in [9.17, 15) is 9.90 Å². The van der Waals surface area contributed by atoms with Crippen molar-refractivity contribution in [1.82, 2.24) is 10.2 Å². The summed E-state index contributed by atoms with van der Waals surface area (Å²) in [7, 11) is 0. The fourth-order valence-electron chi connectivity index (χ4n) is 3.60. The molecule has 2 fully saturated rings. The molecule has 0 radical (unpaired) electrons. The van der Waals surface area contributed by atoms with Gasteiger partial charge in [0.25, 0.3) is 0 Å². The Morgan fingerprint density at radius 1 is 1.45 bits per heavy atom. The van der Waals surface area contributed by atoms with Crippen molar-refractivity contribution in [2.24, 2.45) is 11.3 Å². The van der Waals surface area contributed by atoms with Gasteiger partial charge in [0.15, 0.2) is 0 Å². The fourth-order valence-corrected chi connectivity index (χ4v) is 3.60. The third-order valence-electron chi connectivity index (χ3n) is 4.80. The summed E-state index contributed by atoms with van der Waals surface area (Å²) in [5.41, 5.74) is -0.403. The summed E-state index contributed by atoms with van der Waals surface area (Å²) in [5.74, 6) is -0.339. The van der Waals surface area contributed by atoms with Crippen LogP contribution in [0.25, 0.3) is 0 Å². The van der Waals surface area contributed by atoms with Crippen molar-refractivity contribution in [2.75, 3.05) is 26.2 Å². The first kappa shape index (κ1) is 15.8. The number of carboxylic acid groups (broad SMARTS) is 1. The zero-order chi connectivity index (χ0) is 14.8. The molecule has 2 N–H and O–H groups in total.